The summed E-state index contributed by atoms with van der Waals surface area (Å²) in [5.74, 6) is 2.83. The molecule has 7 aromatic carbocycles. The molecule has 0 radical (unpaired) electrons. The van der Waals surface area contributed by atoms with Crippen molar-refractivity contribution in [3.05, 3.63) is 235 Å². The van der Waals surface area contributed by atoms with Crippen molar-refractivity contribution in [1.29, 1.82) is 0 Å². The van der Waals surface area contributed by atoms with Gasteiger partial charge in [0.15, 0.2) is 0 Å². The molecule has 0 aliphatic heterocycles. The summed E-state index contributed by atoms with van der Waals surface area (Å²) in [7, 11) is 0. The quantitative estimate of drug-likeness (QED) is 0.0285. The van der Waals surface area contributed by atoms with Gasteiger partial charge in [-0.2, -0.15) is 0 Å². The van der Waals surface area contributed by atoms with E-state index < -0.39 is 0 Å². The molecule has 0 amide bonds. The number of rotatable bonds is 39. The topological polar surface area (TPSA) is 54.1 Å². The summed E-state index contributed by atoms with van der Waals surface area (Å²) >= 11 is 0. The van der Waals surface area contributed by atoms with Gasteiger partial charge in [-0.15, -0.1) is 0 Å². The van der Waals surface area contributed by atoms with Gasteiger partial charge in [-0.3, -0.25) is 0 Å². The monoisotopic (exact) mass is 1250 g/mol. The Labute approximate surface area is 557 Å². The lowest BCUT2D eigenvalue weighted by molar-refractivity contribution is -0.689. The lowest BCUT2D eigenvalue weighted by Gasteiger charge is -2.24. The molecule has 10 aromatic rings. The van der Waals surface area contributed by atoms with Crippen LogP contribution >= 0.6 is 0 Å². The summed E-state index contributed by atoms with van der Waals surface area (Å²) in [6, 6.07) is 52.6. The highest BCUT2D eigenvalue weighted by molar-refractivity contribution is 5.67. The second-order valence-corrected chi connectivity index (χ2v) is 25.5. The van der Waals surface area contributed by atoms with Crippen LogP contribution in [-0.4, -0.2) is 33.5 Å². The van der Waals surface area contributed by atoms with Gasteiger partial charge in [0.25, 0.3) is 0 Å². The number of unbranched alkanes of at least 4 members (excludes halogenated alkanes) is 15. The SMILES string of the molecule is CCCCCCCCOc1ccc(-c2ccc(-n3cc[n+](Cc4c(CC)c(C[n+]5ccn(-c6ccc(-c7ccc(OCCCCCCCC)cc7)cc6)c5)c(CC)c(C[n+]5ccn(-c6ccc(-c7ccc(OCCCCCCCC)cc7)cc6)c5)c4CC)c3)cc2)cc1. The highest BCUT2D eigenvalue weighted by Gasteiger charge is 2.26. The van der Waals surface area contributed by atoms with Crippen molar-refractivity contribution in [2.24, 2.45) is 0 Å². The van der Waals surface area contributed by atoms with Crippen LogP contribution in [0.2, 0.25) is 0 Å². The maximum Gasteiger partial charge on any atom is 0.249 e. The highest BCUT2D eigenvalue weighted by Crippen LogP contribution is 2.33. The molecule has 0 aliphatic carbocycles. The number of hydrogen-bond donors (Lipinski definition) is 0. The molecule has 9 nitrogen and oxygen atoms in total. The third-order valence-corrected chi connectivity index (χ3v) is 18.7. The fourth-order valence-corrected chi connectivity index (χ4v) is 13.3. The van der Waals surface area contributed by atoms with Crippen molar-refractivity contribution in [2.45, 2.75) is 196 Å². The van der Waals surface area contributed by atoms with Gasteiger partial charge >= 0.3 is 0 Å². The van der Waals surface area contributed by atoms with Crippen molar-refractivity contribution in [3.8, 4) is 67.7 Å². The molecule has 10 rings (SSSR count). The van der Waals surface area contributed by atoms with Crippen molar-refractivity contribution < 1.29 is 27.9 Å². The Kier molecular flexibility index (Phi) is 25.8. The number of imidazole rings is 3. The van der Waals surface area contributed by atoms with Crippen LogP contribution in [0.15, 0.2) is 202 Å². The minimum atomic E-state index is 0.772. The fourth-order valence-electron chi connectivity index (χ4n) is 13.3. The average molecular weight is 1250 g/mol. The first-order valence-electron chi connectivity index (χ1n) is 35.7. The van der Waals surface area contributed by atoms with Crippen molar-refractivity contribution >= 4 is 0 Å². The van der Waals surface area contributed by atoms with Gasteiger partial charge in [0.1, 0.15) is 91.1 Å². The maximum absolute atomic E-state index is 6.11. The molecule has 0 bridgehead atoms. The summed E-state index contributed by atoms with van der Waals surface area (Å²) in [6.45, 7) is 18.5. The Morgan fingerprint density at radius 1 is 0.258 bits per heavy atom. The molecule has 0 spiro atoms. The molecule has 0 saturated carbocycles. The number of aromatic nitrogens is 6. The molecule has 486 valence electrons. The van der Waals surface area contributed by atoms with Gasteiger partial charge in [0.05, 0.1) is 19.8 Å². The van der Waals surface area contributed by atoms with Gasteiger partial charge in [-0.25, -0.2) is 27.4 Å². The molecule has 93 heavy (non-hydrogen) atoms. The molecule has 9 heteroatoms. The zero-order chi connectivity index (χ0) is 64.4. The lowest BCUT2D eigenvalue weighted by Crippen LogP contribution is -2.38. The van der Waals surface area contributed by atoms with E-state index in [1.54, 1.807) is 0 Å². The van der Waals surface area contributed by atoms with Gasteiger partial charge in [0, 0.05) is 16.7 Å². The first-order chi connectivity index (χ1) is 45.8. The Morgan fingerprint density at radius 2 is 0.484 bits per heavy atom. The van der Waals surface area contributed by atoms with E-state index in [1.807, 2.05) is 0 Å². The van der Waals surface area contributed by atoms with Crippen LogP contribution < -0.4 is 27.9 Å². The zero-order valence-electron chi connectivity index (χ0n) is 57.1. The summed E-state index contributed by atoms with van der Waals surface area (Å²) in [4.78, 5) is 0. The first-order valence-corrected chi connectivity index (χ1v) is 35.7. The van der Waals surface area contributed by atoms with Crippen molar-refractivity contribution in [3.63, 3.8) is 0 Å². The smallest absolute Gasteiger partial charge is 0.249 e. The van der Waals surface area contributed by atoms with E-state index >= 15 is 0 Å². The summed E-state index contributed by atoms with van der Waals surface area (Å²) in [6.07, 6.45) is 45.7. The van der Waals surface area contributed by atoms with Crippen LogP contribution in [0, 0.1) is 0 Å². The Balaban J connectivity index is 0.871. The Hall–Kier alpha value is -8.43. The molecule has 0 fully saturated rings. The molecule has 0 aliphatic rings. The van der Waals surface area contributed by atoms with Crippen LogP contribution in [0.3, 0.4) is 0 Å². The Morgan fingerprint density at radius 3 is 0.720 bits per heavy atom. The van der Waals surface area contributed by atoms with E-state index in [2.05, 4.69) is 271 Å². The van der Waals surface area contributed by atoms with Crippen molar-refractivity contribution in [1.82, 2.24) is 13.7 Å². The fraction of sp³-hybridized carbons (Fsp3) is 0.393. The average Bonchev–Trinajstić information content (AvgIpc) is 1.74. The lowest BCUT2D eigenvalue weighted by atomic mass is 9.83. The van der Waals surface area contributed by atoms with Gasteiger partial charge < -0.3 is 14.2 Å². The van der Waals surface area contributed by atoms with Crippen LogP contribution in [0.4, 0.5) is 0 Å². The molecule has 3 aromatic heterocycles. The van der Waals surface area contributed by atoms with Crippen LogP contribution in [-0.2, 0) is 38.9 Å². The molecule has 0 atom stereocenters. The number of ether oxygens (including phenoxy) is 3. The van der Waals surface area contributed by atoms with Gasteiger partial charge in [0.2, 0.25) is 19.0 Å². The van der Waals surface area contributed by atoms with E-state index in [0.29, 0.717) is 0 Å². The van der Waals surface area contributed by atoms with E-state index in [9.17, 15) is 0 Å². The van der Waals surface area contributed by atoms with Crippen molar-refractivity contribution in [2.75, 3.05) is 19.8 Å². The van der Waals surface area contributed by atoms with Gasteiger partial charge in [-0.1, -0.05) is 211 Å². The van der Waals surface area contributed by atoms with E-state index in [0.717, 1.165) is 112 Å². The minimum absolute atomic E-state index is 0.772. The predicted molar refractivity (Wildman–Crippen MR) is 383 cm³/mol. The molecule has 0 unspecified atom stereocenters. The second kappa shape index (κ2) is 35.6. The summed E-state index contributed by atoms with van der Waals surface area (Å²) in [5.41, 5.74) is 19.2. The van der Waals surface area contributed by atoms with Crippen LogP contribution in [0.25, 0.3) is 50.4 Å². The summed E-state index contributed by atoms with van der Waals surface area (Å²) in [5, 5.41) is 0. The summed E-state index contributed by atoms with van der Waals surface area (Å²) < 4.78 is 32.2. The number of benzene rings is 7. The number of nitrogens with zero attached hydrogens (tertiary/aromatic N) is 6. The standard InChI is InChI=1S/C84H105N6O3/c1-7-13-16-19-22-25-58-91-76-46-34-70(35-47-76)67-28-40-73(41-29-67)88-55-52-85(64-88)61-82-79(10-4)83(62-86-53-56-89(65-86)74-42-30-68(31-43-74)71-36-48-77(49-37-71)92-59-26-23-20-17-14-8-2)81(12-6)84(80(82)11-5)63-87-54-57-90(66-87)75-44-32-69(33-45-75)72-38-50-78(51-39-72)93-60-27-24-21-18-15-9-3/h28-57,64-66H,7-27,58-63H2,1-6H3/q+3. The van der Waals surface area contributed by atoms with E-state index in [-0.39, 0.29) is 0 Å². The molecule has 0 saturated heterocycles. The minimum Gasteiger partial charge on any atom is -0.494 e. The third kappa shape index (κ3) is 18.9. The second-order valence-electron chi connectivity index (χ2n) is 25.5. The van der Waals surface area contributed by atoms with E-state index in [1.165, 1.54) is 163 Å². The zero-order valence-corrected chi connectivity index (χ0v) is 57.1. The van der Waals surface area contributed by atoms with E-state index in [4.69, 9.17) is 14.2 Å². The molecule has 3 heterocycles. The normalized spacial score (nSPS) is 11.4. The van der Waals surface area contributed by atoms with Crippen LogP contribution in [0.5, 0.6) is 17.2 Å². The van der Waals surface area contributed by atoms with Gasteiger partial charge in [-0.05, 0) is 161 Å². The predicted octanol–water partition coefficient (Wildman–Crippen LogP) is 20.0. The number of hydrogen-bond acceptors (Lipinski definition) is 3. The molecule has 0 N–H and O–H groups in total. The molecular formula is C84H105N6O3+3. The first kappa shape index (κ1) is 67.5. The Bertz CT molecular complexity index is 3380. The maximum atomic E-state index is 6.11. The third-order valence-electron chi connectivity index (χ3n) is 18.7. The largest absolute Gasteiger partial charge is 0.494 e. The molecular weight excluding hydrogens is 1140 g/mol. The highest BCUT2D eigenvalue weighted by atomic mass is 16.5. The van der Waals surface area contributed by atoms with Crippen LogP contribution in [0.1, 0.15) is 190 Å².